The zero-order valence-electron chi connectivity index (χ0n) is 12.4. The third-order valence-corrected chi connectivity index (χ3v) is 5.53. The van der Waals surface area contributed by atoms with Crippen LogP contribution in [0.2, 0.25) is 0 Å². The molecule has 2 N–H and O–H groups in total. The van der Waals surface area contributed by atoms with E-state index in [2.05, 4.69) is 61.6 Å². The minimum Gasteiger partial charge on any atom is -0.299 e. The van der Waals surface area contributed by atoms with Crippen molar-refractivity contribution in [2.45, 2.75) is 26.4 Å². The number of hydrogen-bond donors (Lipinski definition) is 2. The minimum absolute atomic E-state index is 0.0210. The van der Waals surface area contributed by atoms with Gasteiger partial charge in [0.05, 0.1) is 9.83 Å². The molecule has 0 aliphatic rings. The van der Waals surface area contributed by atoms with E-state index in [4.69, 9.17) is 0 Å². The largest absolute Gasteiger partial charge is 0.299 e. The fourth-order valence-electron chi connectivity index (χ4n) is 2.31. The van der Waals surface area contributed by atoms with Crippen LogP contribution in [0, 0.1) is 13.8 Å². The Kier molecular flexibility index (Phi) is 4.71. The van der Waals surface area contributed by atoms with E-state index in [1.165, 1.54) is 14.2 Å². The van der Waals surface area contributed by atoms with Crippen molar-refractivity contribution in [3.8, 4) is 0 Å². The van der Waals surface area contributed by atoms with Crippen LogP contribution in [-0.2, 0) is 6.54 Å². The van der Waals surface area contributed by atoms with Crippen molar-refractivity contribution in [2.75, 3.05) is 0 Å². The fourth-order valence-corrected chi connectivity index (χ4v) is 3.89. The molecule has 0 saturated carbocycles. The van der Waals surface area contributed by atoms with E-state index in [0.29, 0.717) is 0 Å². The zero-order valence-corrected chi connectivity index (χ0v) is 14.8. The molecule has 0 aliphatic heterocycles. The summed E-state index contributed by atoms with van der Waals surface area (Å²) in [6, 6.07) is 12.5. The van der Waals surface area contributed by atoms with Crippen LogP contribution in [0.1, 0.15) is 33.7 Å². The van der Waals surface area contributed by atoms with E-state index in [-0.39, 0.29) is 6.04 Å². The van der Waals surface area contributed by atoms with Crippen molar-refractivity contribution in [1.82, 2.24) is 20.5 Å². The van der Waals surface area contributed by atoms with Crippen molar-refractivity contribution >= 4 is 27.3 Å². The second kappa shape index (κ2) is 6.73. The minimum atomic E-state index is -0.0210. The van der Waals surface area contributed by atoms with Gasteiger partial charge in [0.2, 0.25) is 0 Å². The second-order valence-electron chi connectivity index (χ2n) is 5.17. The lowest BCUT2D eigenvalue weighted by Crippen LogP contribution is -2.22. The van der Waals surface area contributed by atoms with Crippen LogP contribution in [0.3, 0.4) is 0 Å². The van der Waals surface area contributed by atoms with Crippen molar-refractivity contribution in [3.05, 3.63) is 67.8 Å². The molecule has 1 unspecified atom stereocenters. The first-order valence-corrected chi connectivity index (χ1v) is 8.66. The van der Waals surface area contributed by atoms with E-state index in [0.717, 1.165) is 23.8 Å². The number of halogens is 1. The molecule has 0 bridgehead atoms. The van der Waals surface area contributed by atoms with Crippen LogP contribution in [0.25, 0.3) is 0 Å². The molecule has 2 heterocycles. The monoisotopic (exact) mass is 376 g/mol. The normalized spacial score (nSPS) is 12.5. The quantitative estimate of drug-likeness (QED) is 0.703. The molecule has 1 atom stereocenters. The average molecular weight is 377 g/mol. The van der Waals surface area contributed by atoms with Crippen LogP contribution in [-0.4, -0.2) is 15.2 Å². The van der Waals surface area contributed by atoms with E-state index in [1.807, 2.05) is 25.1 Å². The van der Waals surface area contributed by atoms with Gasteiger partial charge in [0.15, 0.2) is 5.82 Å². The van der Waals surface area contributed by atoms with Gasteiger partial charge in [-0.25, -0.2) is 4.98 Å². The molecule has 1 aromatic carbocycles. The van der Waals surface area contributed by atoms with Crippen molar-refractivity contribution in [1.29, 1.82) is 0 Å². The molecule has 3 aromatic rings. The molecule has 6 heteroatoms. The van der Waals surface area contributed by atoms with Gasteiger partial charge < -0.3 is 0 Å². The highest BCUT2D eigenvalue weighted by molar-refractivity contribution is 9.11. The highest BCUT2D eigenvalue weighted by Gasteiger charge is 2.18. The SMILES string of the molecule is Cc1nc(C(NCc2cc(C)c(Br)s2)c2ccccc2)n[nH]1. The summed E-state index contributed by atoms with van der Waals surface area (Å²) < 4.78 is 1.19. The third kappa shape index (κ3) is 3.45. The van der Waals surface area contributed by atoms with Gasteiger partial charge in [-0.3, -0.25) is 10.4 Å². The molecule has 2 aromatic heterocycles. The van der Waals surface area contributed by atoms with E-state index < -0.39 is 0 Å². The van der Waals surface area contributed by atoms with Gasteiger partial charge in [0.1, 0.15) is 5.82 Å². The molecule has 0 amide bonds. The first kappa shape index (κ1) is 15.4. The second-order valence-corrected chi connectivity index (χ2v) is 7.63. The Hall–Kier alpha value is -1.50. The first-order chi connectivity index (χ1) is 10.6. The Bertz CT molecular complexity index is 731. The van der Waals surface area contributed by atoms with Gasteiger partial charge in [0.25, 0.3) is 0 Å². The number of thiophene rings is 1. The molecule has 0 spiro atoms. The molecular formula is C16H17BrN4S. The molecule has 3 rings (SSSR count). The number of hydrogen-bond acceptors (Lipinski definition) is 4. The zero-order chi connectivity index (χ0) is 15.5. The summed E-state index contributed by atoms with van der Waals surface area (Å²) in [5.41, 5.74) is 2.43. The first-order valence-electron chi connectivity index (χ1n) is 7.05. The molecule has 0 saturated heterocycles. The maximum absolute atomic E-state index is 4.49. The lowest BCUT2D eigenvalue weighted by Gasteiger charge is -2.15. The molecule has 114 valence electrons. The predicted molar refractivity (Wildman–Crippen MR) is 93.0 cm³/mol. The van der Waals surface area contributed by atoms with Gasteiger partial charge in [-0.05, 0) is 47.0 Å². The summed E-state index contributed by atoms with van der Waals surface area (Å²) in [5, 5.41) is 10.8. The van der Waals surface area contributed by atoms with Crippen LogP contribution < -0.4 is 5.32 Å². The van der Waals surface area contributed by atoms with Crippen LogP contribution in [0.15, 0.2) is 40.2 Å². The highest BCUT2D eigenvalue weighted by Crippen LogP contribution is 2.28. The molecule has 22 heavy (non-hydrogen) atoms. The Morgan fingerprint density at radius 3 is 2.64 bits per heavy atom. The standard InChI is InChI=1S/C16H17BrN4S/c1-10-8-13(22-15(10)17)9-18-14(12-6-4-3-5-7-12)16-19-11(2)20-21-16/h3-8,14,18H,9H2,1-2H3,(H,19,20,21). The number of nitrogens with zero attached hydrogens (tertiary/aromatic N) is 2. The third-order valence-electron chi connectivity index (χ3n) is 3.39. The summed E-state index contributed by atoms with van der Waals surface area (Å²) in [4.78, 5) is 5.78. The number of aryl methyl sites for hydroxylation is 2. The van der Waals surface area contributed by atoms with Crippen molar-refractivity contribution in [2.24, 2.45) is 0 Å². The Labute approximate surface area is 142 Å². The van der Waals surface area contributed by atoms with E-state index >= 15 is 0 Å². The number of aromatic nitrogens is 3. The molecule has 0 aliphatic carbocycles. The summed E-state index contributed by atoms with van der Waals surface area (Å²) in [6.07, 6.45) is 0. The molecule has 0 fully saturated rings. The predicted octanol–water partition coefficient (Wildman–Crippen LogP) is 4.12. The molecule has 4 nitrogen and oxygen atoms in total. The van der Waals surface area contributed by atoms with Gasteiger partial charge in [-0.15, -0.1) is 11.3 Å². The smallest absolute Gasteiger partial charge is 0.172 e. The Morgan fingerprint density at radius 2 is 2.05 bits per heavy atom. The van der Waals surface area contributed by atoms with Crippen molar-refractivity contribution in [3.63, 3.8) is 0 Å². The number of nitrogens with one attached hydrogen (secondary N) is 2. The summed E-state index contributed by atoms with van der Waals surface area (Å²) in [7, 11) is 0. The summed E-state index contributed by atoms with van der Waals surface area (Å²) in [5.74, 6) is 1.60. The molecular weight excluding hydrogens is 360 g/mol. The number of H-pyrrole nitrogens is 1. The number of benzene rings is 1. The number of aromatic amines is 1. The maximum atomic E-state index is 4.49. The van der Waals surface area contributed by atoms with Crippen molar-refractivity contribution < 1.29 is 0 Å². The summed E-state index contributed by atoms with van der Waals surface area (Å²) in [6.45, 7) is 4.81. The highest BCUT2D eigenvalue weighted by atomic mass is 79.9. The van der Waals surface area contributed by atoms with Gasteiger partial charge in [-0.2, -0.15) is 5.10 Å². The van der Waals surface area contributed by atoms with Gasteiger partial charge in [0, 0.05) is 11.4 Å². The van der Waals surface area contributed by atoms with E-state index in [9.17, 15) is 0 Å². The van der Waals surface area contributed by atoms with Crippen LogP contribution in [0.5, 0.6) is 0 Å². The Balaban J connectivity index is 1.83. The molecule has 0 radical (unpaired) electrons. The van der Waals surface area contributed by atoms with E-state index in [1.54, 1.807) is 11.3 Å². The van der Waals surface area contributed by atoms with Crippen LogP contribution in [0.4, 0.5) is 0 Å². The number of rotatable bonds is 5. The average Bonchev–Trinajstić information content (AvgIpc) is 3.07. The van der Waals surface area contributed by atoms with Gasteiger partial charge >= 0.3 is 0 Å². The van der Waals surface area contributed by atoms with Crippen LogP contribution >= 0.6 is 27.3 Å². The maximum Gasteiger partial charge on any atom is 0.172 e. The van der Waals surface area contributed by atoms with Gasteiger partial charge in [-0.1, -0.05) is 30.3 Å². The summed E-state index contributed by atoms with van der Waals surface area (Å²) >= 11 is 5.33. The topological polar surface area (TPSA) is 53.6 Å². The lowest BCUT2D eigenvalue weighted by atomic mass is 10.1. The fraction of sp³-hybridized carbons (Fsp3) is 0.250. The lowest BCUT2D eigenvalue weighted by molar-refractivity contribution is 0.581. The Morgan fingerprint density at radius 1 is 1.27 bits per heavy atom.